The molecule has 0 aromatic heterocycles. The lowest BCUT2D eigenvalue weighted by Gasteiger charge is -2.31. The fourth-order valence-electron chi connectivity index (χ4n) is 3.35. The number of alkyl halides is 3. The number of likely N-dealkylation sites (tertiary alicyclic amines) is 1. The summed E-state index contributed by atoms with van der Waals surface area (Å²) < 4.78 is 41.3. The van der Waals surface area contributed by atoms with Crippen LogP contribution in [0.1, 0.15) is 38.7 Å². The minimum Gasteiger partial charge on any atom is -0.484 e. The highest BCUT2D eigenvalue weighted by molar-refractivity contribution is 14.0. The lowest BCUT2D eigenvalue weighted by molar-refractivity contribution is -0.153. The monoisotopic (exact) mass is 542 g/mol. The van der Waals surface area contributed by atoms with E-state index in [1.165, 1.54) is 25.9 Å². The molecule has 1 aromatic carbocycles. The topological polar surface area (TPSA) is 48.9 Å². The fourth-order valence-corrected chi connectivity index (χ4v) is 3.35. The fraction of sp³-hybridized carbons (Fsp3) is 0.667. The van der Waals surface area contributed by atoms with Crippen molar-refractivity contribution in [3.63, 3.8) is 0 Å². The second-order valence-electron chi connectivity index (χ2n) is 7.34. The summed E-state index contributed by atoms with van der Waals surface area (Å²) in [6, 6.07) is 6.56. The molecule has 0 radical (unpaired) electrons. The van der Waals surface area contributed by atoms with Crippen LogP contribution in [-0.4, -0.2) is 56.4 Å². The largest absolute Gasteiger partial charge is 0.484 e. The Kier molecular flexibility index (Phi) is 12.5. The van der Waals surface area contributed by atoms with E-state index < -0.39 is 12.8 Å². The quantitative estimate of drug-likeness (QED) is 0.276. The van der Waals surface area contributed by atoms with E-state index in [1.807, 2.05) is 6.92 Å². The molecule has 0 saturated carbocycles. The number of nitrogens with zero attached hydrogens (tertiary/aromatic N) is 2. The van der Waals surface area contributed by atoms with E-state index in [0.717, 1.165) is 43.5 Å². The van der Waals surface area contributed by atoms with Gasteiger partial charge in [-0.1, -0.05) is 19.1 Å². The van der Waals surface area contributed by atoms with Gasteiger partial charge in [-0.3, -0.25) is 0 Å². The lowest BCUT2D eigenvalue weighted by atomic mass is 9.93. The van der Waals surface area contributed by atoms with E-state index in [-0.39, 0.29) is 29.7 Å². The maximum Gasteiger partial charge on any atom is 0.422 e. The van der Waals surface area contributed by atoms with Crippen molar-refractivity contribution in [1.82, 2.24) is 15.5 Å². The Morgan fingerprint density at radius 3 is 2.37 bits per heavy atom. The van der Waals surface area contributed by atoms with Crippen molar-refractivity contribution in [2.75, 3.05) is 39.3 Å². The normalized spacial score (nSPS) is 16.1. The zero-order valence-electron chi connectivity index (χ0n) is 17.8. The molecule has 0 aliphatic carbocycles. The van der Waals surface area contributed by atoms with Gasteiger partial charge in [-0.05, 0) is 69.4 Å². The van der Waals surface area contributed by atoms with Gasteiger partial charge in [0.2, 0.25) is 0 Å². The van der Waals surface area contributed by atoms with Gasteiger partial charge in [-0.25, -0.2) is 4.99 Å². The van der Waals surface area contributed by atoms with Crippen LogP contribution in [0.25, 0.3) is 0 Å². The Morgan fingerprint density at radius 1 is 1.13 bits per heavy atom. The first kappa shape index (κ1) is 26.8. The summed E-state index contributed by atoms with van der Waals surface area (Å²) >= 11 is 0. The van der Waals surface area contributed by atoms with E-state index in [2.05, 4.69) is 27.4 Å². The van der Waals surface area contributed by atoms with Gasteiger partial charge in [0.25, 0.3) is 0 Å². The molecule has 0 bridgehead atoms. The number of hydrogen-bond acceptors (Lipinski definition) is 3. The van der Waals surface area contributed by atoms with Crippen molar-refractivity contribution in [2.24, 2.45) is 10.9 Å². The average Bonchev–Trinajstić information content (AvgIpc) is 2.71. The number of ether oxygens (including phenoxy) is 1. The van der Waals surface area contributed by atoms with Gasteiger partial charge in [0.15, 0.2) is 12.6 Å². The smallest absolute Gasteiger partial charge is 0.422 e. The predicted octanol–water partition coefficient (Wildman–Crippen LogP) is 4.42. The number of benzene rings is 1. The standard InChI is InChI=1S/C21H33F3N4O.HI/c1-3-25-20(26-12-9-17-10-13-28(4-2)14-11-17)27-15-18-5-7-19(8-6-18)29-16-21(22,23)24;/h5-8,17H,3-4,9-16H2,1-2H3,(H2,25,26,27);1H. The van der Waals surface area contributed by atoms with Crippen LogP contribution < -0.4 is 15.4 Å². The molecule has 1 aliphatic rings. The molecular weight excluding hydrogens is 508 g/mol. The maximum atomic E-state index is 12.2. The van der Waals surface area contributed by atoms with Crippen molar-refractivity contribution < 1.29 is 17.9 Å². The van der Waals surface area contributed by atoms with Crippen molar-refractivity contribution in [1.29, 1.82) is 0 Å². The highest BCUT2D eigenvalue weighted by Gasteiger charge is 2.28. The molecule has 0 unspecified atom stereocenters. The molecule has 2 N–H and O–H groups in total. The second kappa shape index (κ2) is 14.0. The van der Waals surface area contributed by atoms with Crippen LogP contribution in [0.2, 0.25) is 0 Å². The summed E-state index contributed by atoms with van der Waals surface area (Å²) in [5, 5.41) is 6.62. The Hall–Kier alpha value is -1.23. The minimum absolute atomic E-state index is 0. The molecule has 1 aromatic rings. The third-order valence-corrected chi connectivity index (χ3v) is 5.09. The van der Waals surface area contributed by atoms with Crippen molar-refractivity contribution in [2.45, 2.75) is 45.8 Å². The second-order valence-corrected chi connectivity index (χ2v) is 7.34. The van der Waals surface area contributed by atoms with E-state index >= 15 is 0 Å². The molecule has 1 saturated heterocycles. The summed E-state index contributed by atoms with van der Waals surface area (Å²) in [6.45, 7) is 8.57. The Bertz CT molecular complexity index is 618. The number of halogens is 4. The number of rotatable bonds is 9. The van der Waals surface area contributed by atoms with Crippen LogP contribution in [0.5, 0.6) is 5.75 Å². The molecule has 9 heteroatoms. The summed E-state index contributed by atoms with van der Waals surface area (Å²) in [5.74, 6) is 1.72. The number of hydrogen-bond donors (Lipinski definition) is 2. The first-order valence-electron chi connectivity index (χ1n) is 10.4. The Labute approximate surface area is 194 Å². The maximum absolute atomic E-state index is 12.2. The van der Waals surface area contributed by atoms with Gasteiger partial charge in [-0.15, -0.1) is 24.0 Å². The summed E-state index contributed by atoms with van der Waals surface area (Å²) in [5.41, 5.74) is 0.911. The average molecular weight is 542 g/mol. The van der Waals surface area contributed by atoms with Crippen LogP contribution in [0.15, 0.2) is 29.3 Å². The Balaban J connectivity index is 0.00000450. The van der Waals surface area contributed by atoms with E-state index in [0.29, 0.717) is 6.54 Å². The zero-order chi connectivity index (χ0) is 21.1. The van der Waals surface area contributed by atoms with Gasteiger partial charge < -0.3 is 20.3 Å². The van der Waals surface area contributed by atoms with Crippen molar-refractivity contribution >= 4 is 29.9 Å². The summed E-state index contributed by atoms with van der Waals surface area (Å²) in [7, 11) is 0. The van der Waals surface area contributed by atoms with Gasteiger partial charge in [-0.2, -0.15) is 13.2 Å². The van der Waals surface area contributed by atoms with E-state index in [4.69, 9.17) is 4.74 Å². The molecule has 1 heterocycles. The van der Waals surface area contributed by atoms with Crippen LogP contribution >= 0.6 is 24.0 Å². The SMILES string of the molecule is CCNC(=NCc1ccc(OCC(F)(F)F)cc1)NCCC1CCN(CC)CC1.I. The highest BCUT2D eigenvalue weighted by atomic mass is 127. The molecule has 0 atom stereocenters. The highest BCUT2D eigenvalue weighted by Crippen LogP contribution is 2.20. The molecule has 30 heavy (non-hydrogen) atoms. The molecular formula is C21H34F3IN4O. The van der Waals surface area contributed by atoms with Gasteiger partial charge >= 0.3 is 6.18 Å². The van der Waals surface area contributed by atoms with E-state index in [9.17, 15) is 13.2 Å². The molecule has 1 fully saturated rings. The van der Waals surface area contributed by atoms with Crippen LogP contribution in [0.4, 0.5) is 13.2 Å². The zero-order valence-corrected chi connectivity index (χ0v) is 20.1. The molecule has 172 valence electrons. The molecule has 0 spiro atoms. The number of guanidine groups is 1. The third kappa shape index (κ3) is 10.7. The lowest BCUT2D eigenvalue weighted by Crippen LogP contribution is -2.39. The number of piperidine rings is 1. The molecule has 0 amide bonds. The first-order valence-corrected chi connectivity index (χ1v) is 10.4. The first-order chi connectivity index (χ1) is 13.9. The van der Waals surface area contributed by atoms with Gasteiger partial charge in [0.1, 0.15) is 5.75 Å². The third-order valence-electron chi connectivity index (χ3n) is 5.09. The predicted molar refractivity (Wildman–Crippen MR) is 126 cm³/mol. The van der Waals surface area contributed by atoms with Gasteiger partial charge in [0, 0.05) is 13.1 Å². The van der Waals surface area contributed by atoms with Crippen molar-refractivity contribution in [3.05, 3.63) is 29.8 Å². The van der Waals surface area contributed by atoms with Crippen LogP contribution in [0, 0.1) is 5.92 Å². The molecule has 1 aliphatic heterocycles. The van der Waals surface area contributed by atoms with E-state index in [1.54, 1.807) is 24.3 Å². The number of aliphatic imine (C=N–C) groups is 1. The van der Waals surface area contributed by atoms with Crippen LogP contribution in [0.3, 0.4) is 0 Å². The summed E-state index contributed by atoms with van der Waals surface area (Å²) in [6.07, 6.45) is -0.687. The van der Waals surface area contributed by atoms with Gasteiger partial charge in [0.05, 0.1) is 6.54 Å². The van der Waals surface area contributed by atoms with Crippen molar-refractivity contribution in [3.8, 4) is 5.75 Å². The minimum atomic E-state index is -4.33. The Morgan fingerprint density at radius 2 is 1.80 bits per heavy atom. The number of nitrogens with one attached hydrogen (secondary N) is 2. The van der Waals surface area contributed by atoms with Crippen LogP contribution in [-0.2, 0) is 6.54 Å². The molecule has 5 nitrogen and oxygen atoms in total. The summed E-state index contributed by atoms with van der Waals surface area (Å²) in [4.78, 5) is 7.07. The molecule has 2 rings (SSSR count).